The first kappa shape index (κ1) is 14.6. The Morgan fingerprint density at radius 1 is 1.30 bits per heavy atom. The maximum Gasteiger partial charge on any atom is 0.228 e. The third-order valence-corrected chi connectivity index (χ3v) is 4.93. The van der Waals surface area contributed by atoms with Crippen molar-refractivity contribution in [2.24, 2.45) is 5.92 Å². The summed E-state index contributed by atoms with van der Waals surface area (Å²) in [4.78, 5) is 12.7. The highest BCUT2D eigenvalue weighted by molar-refractivity contribution is 7.71. The number of rotatable bonds is 6. The Labute approximate surface area is 140 Å². The molecule has 1 aromatic carbocycles. The summed E-state index contributed by atoms with van der Waals surface area (Å²) >= 11 is 5.28. The molecule has 2 saturated carbocycles. The lowest BCUT2D eigenvalue weighted by atomic mass is 9.93. The Kier molecular flexibility index (Phi) is 3.77. The fourth-order valence-corrected chi connectivity index (χ4v) is 3.48. The molecule has 1 amide bonds. The van der Waals surface area contributed by atoms with Crippen LogP contribution in [-0.4, -0.2) is 20.7 Å². The van der Waals surface area contributed by atoms with E-state index in [9.17, 15) is 4.79 Å². The van der Waals surface area contributed by atoms with Gasteiger partial charge in [0.15, 0.2) is 10.6 Å². The first-order chi connectivity index (χ1) is 11.2. The number of hydrogen-bond acceptors (Lipinski definition) is 3. The molecule has 2 aromatic rings. The monoisotopic (exact) mass is 328 g/mol. The molecule has 1 aromatic heterocycles. The van der Waals surface area contributed by atoms with Gasteiger partial charge < -0.3 is 5.32 Å². The molecular weight excluding hydrogens is 308 g/mol. The minimum absolute atomic E-state index is 0.0486. The number of aromatic nitrogens is 3. The van der Waals surface area contributed by atoms with Crippen LogP contribution in [0.4, 0.5) is 0 Å². The maximum absolute atomic E-state index is 12.7. The minimum atomic E-state index is -0.0486. The summed E-state index contributed by atoms with van der Waals surface area (Å²) in [5, 5.41) is 10.2. The van der Waals surface area contributed by atoms with Gasteiger partial charge in [-0.1, -0.05) is 30.3 Å². The average molecular weight is 328 g/mol. The van der Waals surface area contributed by atoms with Crippen molar-refractivity contribution >= 4 is 18.1 Å². The lowest BCUT2D eigenvalue weighted by Gasteiger charge is -2.16. The Morgan fingerprint density at radius 3 is 2.70 bits per heavy atom. The van der Waals surface area contributed by atoms with E-state index >= 15 is 0 Å². The topological polar surface area (TPSA) is 62.7 Å². The zero-order chi connectivity index (χ0) is 15.8. The van der Waals surface area contributed by atoms with Crippen molar-refractivity contribution in [3.63, 3.8) is 0 Å². The molecule has 0 saturated heterocycles. The molecule has 2 N–H and O–H groups in total. The fourth-order valence-electron chi connectivity index (χ4n) is 3.17. The molecule has 0 unspecified atom stereocenters. The molecule has 2 aliphatic rings. The molecule has 2 fully saturated rings. The van der Waals surface area contributed by atoms with E-state index in [1.807, 2.05) is 34.9 Å². The lowest BCUT2D eigenvalue weighted by Crippen LogP contribution is -2.31. The van der Waals surface area contributed by atoms with Crippen molar-refractivity contribution in [2.45, 2.75) is 44.2 Å². The predicted molar refractivity (Wildman–Crippen MR) is 89.4 cm³/mol. The molecule has 23 heavy (non-hydrogen) atoms. The van der Waals surface area contributed by atoms with Gasteiger partial charge in [-0.3, -0.25) is 14.5 Å². The number of hydrogen-bond donors (Lipinski definition) is 2. The number of benzene rings is 1. The quantitative estimate of drug-likeness (QED) is 0.801. The molecule has 1 heterocycles. The minimum Gasteiger partial charge on any atom is -0.348 e. The van der Waals surface area contributed by atoms with Crippen molar-refractivity contribution in [3.8, 4) is 0 Å². The average Bonchev–Trinajstić information content (AvgIpc) is 3.47. The van der Waals surface area contributed by atoms with Gasteiger partial charge in [-0.25, -0.2) is 0 Å². The predicted octanol–water partition coefficient (Wildman–Crippen LogP) is 3.09. The van der Waals surface area contributed by atoms with Crippen LogP contribution < -0.4 is 5.32 Å². The first-order valence-electron chi connectivity index (χ1n) is 8.22. The van der Waals surface area contributed by atoms with Crippen molar-refractivity contribution in [1.29, 1.82) is 0 Å². The summed E-state index contributed by atoms with van der Waals surface area (Å²) in [5.41, 5.74) is 1.11. The molecule has 2 aliphatic carbocycles. The number of nitrogens with one attached hydrogen (secondary N) is 2. The van der Waals surface area contributed by atoms with Crippen LogP contribution in [0, 0.1) is 10.7 Å². The molecule has 0 radical (unpaired) electrons. The van der Waals surface area contributed by atoms with Crippen molar-refractivity contribution < 1.29 is 4.79 Å². The van der Waals surface area contributed by atoms with Gasteiger partial charge in [0.2, 0.25) is 5.91 Å². The molecule has 6 heteroatoms. The number of H-pyrrole nitrogens is 1. The summed E-state index contributed by atoms with van der Waals surface area (Å²) in [6.07, 6.45) is 4.55. The van der Waals surface area contributed by atoms with Gasteiger partial charge in [-0.15, -0.1) is 0 Å². The van der Waals surface area contributed by atoms with Gasteiger partial charge in [0.05, 0.1) is 12.5 Å². The summed E-state index contributed by atoms with van der Waals surface area (Å²) in [7, 11) is 0. The highest BCUT2D eigenvalue weighted by Gasteiger charge is 2.37. The molecule has 0 spiro atoms. The van der Waals surface area contributed by atoms with E-state index < -0.39 is 0 Å². The van der Waals surface area contributed by atoms with E-state index in [0.29, 0.717) is 23.3 Å². The van der Waals surface area contributed by atoms with E-state index in [4.69, 9.17) is 12.2 Å². The van der Waals surface area contributed by atoms with Crippen LogP contribution in [0.25, 0.3) is 0 Å². The molecule has 1 atom stereocenters. The Morgan fingerprint density at radius 2 is 2.04 bits per heavy atom. The third kappa shape index (κ3) is 3.08. The van der Waals surface area contributed by atoms with E-state index in [1.54, 1.807) is 0 Å². The highest BCUT2D eigenvalue weighted by atomic mass is 32.1. The second-order valence-corrected chi connectivity index (χ2v) is 6.88. The molecular formula is C17H20N4OS. The molecule has 0 bridgehead atoms. The van der Waals surface area contributed by atoms with Gasteiger partial charge in [0.25, 0.3) is 0 Å². The van der Waals surface area contributed by atoms with Crippen molar-refractivity contribution in [3.05, 3.63) is 46.5 Å². The lowest BCUT2D eigenvalue weighted by molar-refractivity contribution is -0.123. The van der Waals surface area contributed by atoms with Crippen molar-refractivity contribution in [1.82, 2.24) is 20.1 Å². The molecule has 5 nitrogen and oxygen atoms in total. The maximum atomic E-state index is 12.7. The fraction of sp³-hybridized carbons (Fsp3) is 0.471. The van der Waals surface area contributed by atoms with E-state index in [0.717, 1.165) is 37.1 Å². The van der Waals surface area contributed by atoms with Gasteiger partial charge in [-0.05, 0) is 49.4 Å². The van der Waals surface area contributed by atoms with Gasteiger partial charge in [0, 0.05) is 6.04 Å². The zero-order valence-corrected chi connectivity index (χ0v) is 13.7. The van der Waals surface area contributed by atoms with E-state index in [1.165, 1.54) is 0 Å². The van der Waals surface area contributed by atoms with Crippen molar-refractivity contribution in [2.75, 3.05) is 0 Å². The molecule has 120 valence electrons. The molecule has 4 rings (SSSR count). The third-order valence-electron chi connectivity index (χ3n) is 4.64. The zero-order valence-electron chi connectivity index (χ0n) is 12.9. The standard InChI is InChI=1S/C17H20N4OS/c22-16(15(12-6-7-12)11-4-2-1-3-5-11)18-10-14-19-20-17(23)21(14)13-8-9-13/h1-5,12-13,15H,6-10H2,(H,18,22)(H,20,23)/t15-/m0/s1. The highest BCUT2D eigenvalue weighted by Crippen LogP contribution is 2.42. The van der Waals surface area contributed by atoms with Gasteiger partial charge in [0.1, 0.15) is 0 Å². The van der Waals surface area contributed by atoms with Crippen LogP contribution in [-0.2, 0) is 11.3 Å². The largest absolute Gasteiger partial charge is 0.348 e. The summed E-state index contributed by atoms with van der Waals surface area (Å²) in [6.45, 7) is 0.429. The van der Waals surface area contributed by atoms with Gasteiger partial charge >= 0.3 is 0 Å². The smallest absolute Gasteiger partial charge is 0.228 e. The summed E-state index contributed by atoms with van der Waals surface area (Å²) in [5.74, 6) is 1.34. The second-order valence-electron chi connectivity index (χ2n) is 6.49. The van der Waals surface area contributed by atoms with Crippen LogP contribution in [0.1, 0.15) is 49.0 Å². The van der Waals surface area contributed by atoms with Crippen LogP contribution in [0.15, 0.2) is 30.3 Å². The SMILES string of the molecule is O=C(NCc1n[nH]c(=S)n1C1CC1)[C@@H](c1ccccc1)C1CC1. The van der Waals surface area contributed by atoms with Crippen LogP contribution in [0.3, 0.4) is 0 Å². The van der Waals surface area contributed by atoms with Gasteiger partial charge in [-0.2, -0.15) is 5.10 Å². The summed E-state index contributed by atoms with van der Waals surface area (Å²) < 4.78 is 2.70. The van der Waals surface area contributed by atoms with E-state index in [2.05, 4.69) is 15.5 Å². The number of nitrogens with zero attached hydrogens (tertiary/aromatic N) is 2. The van der Waals surface area contributed by atoms with Crippen LogP contribution in [0.5, 0.6) is 0 Å². The normalized spacial score (nSPS) is 18.6. The molecule has 0 aliphatic heterocycles. The number of amides is 1. The number of carbonyl (C=O) groups excluding carboxylic acids is 1. The Balaban J connectivity index is 1.48. The van der Waals surface area contributed by atoms with Crippen LogP contribution >= 0.6 is 12.2 Å². The first-order valence-corrected chi connectivity index (χ1v) is 8.63. The number of carbonyl (C=O) groups is 1. The number of aromatic amines is 1. The second kappa shape index (κ2) is 5.92. The van der Waals surface area contributed by atoms with E-state index in [-0.39, 0.29) is 11.8 Å². The Bertz CT molecular complexity index is 758. The Hall–Kier alpha value is -1.95. The van der Waals surface area contributed by atoms with Crippen LogP contribution in [0.2, 0.25) is 0 Å². The summed E-state index contributed by atoms with van der Waals surface area (Å²) in [6, 6.07) is 10.5.